The first-order chi connectivity index (χ1) is 17.8. The molecular weight excluding hydrogens is 466 g/mol. The number of ether oxygens (including phenoxy) is 2. The van der Waals surface area contributed by atoms with Crippen molar-refractivity contribution in [2.24, 2.45) is 11.8 Å². The van der Waals surface area contributed by atoms with Gasteiger partial charge in [0.2, 0.25) is 0 Å². The summed E-state index contributed by atoms with van der Waals surface area (Å²) in [6.07, 6.45) is 11.0. The number of carbonyl (C=O) groups is 2. The SMILES string of the molecule is CC(C)(C)OC(=O)N(CCCNCC1CCC(CNC(=O)OCc2ccccc2)CC1)C1CCCCC1. The van der Waals surface area contributed by atoms with Gasteiger partial charge >= 0.3 is 12.2 Å². The summed E-state index contributed by atoms with van der Waals surface area (Å²) in [4.78, 5) is 26.9. The van der Waals surface area contributed by atoms with Gasteiger partial charge in [-0.2, -0.15) is 0 Å². The molecule has 0 heterocycles. The Kier molecular flexibility index (Phi) is 12.0. The quantitative estimate of drug-likeness (QED) is 0.340. The molecule has 2 aliphatic rings. The molecule has 0 atom stereocenters. The lowest BCUT2D eigenvalue weighted by atomic mass is 9.82. The molecule has 2 amide bonds. The number of hydrogen-bond acceptors (Lipinski definition) is 5. The zero-order valence-electron chi connectivity index (χ0n) is 23.3. The predicted octanol–water partition coefficient (Wildman–Crippen LogP) is 6.27. The van der Waals surface area contributed by atoms with Gasteiger partial charge in [-0.25, -0.2) is 9.59 Å². The lowest BCUT2D eigenvalue weighted by molar-refractivity contribution is 0.0119. The largest absolute Gasteiger partial charge is 0.445 e. The van der Waals surface area contributed by atoms with Gasteiger partial charge in [-0.3, -0.25) is 0 Å². The van der Waals surface area contributed by atoms with E-state index >= 15 is 0 Å². The number of hydrogen-bond donors (Lipinski definition) is 2. The first-order valence-corrected chi connectivity index (χ1v) is 14.4. The highest BCUT2D eigenvalue weighted by Gasteiger charge is 2.29. The van der Waals surface area contributed by atoms with Gasteiger partial charge in [0, 0.05) is 19.1 Å². The average molecular weight is 516 g/mol. The van der Waals surface area contributed by atoms with E-state index in [0.717, 1.165) is 57.3 Å². The van der Waals surface area contributed by atoms with Gasteiger partial charge in [0.15, 0.2) is 0 Å². The van der Waals surface area contributed by atoms with Crippen LogP contribution in [0.15, 0.2) is 30.3 Å². The molecule has 7 heteroatoms. The fraction of sp³-hybridized carbons (Fsp3) is 0.733. The molecule has 0 aromatic heterocycles. The van der Waals surface area contributed by atoms with Crippen LogP contribution < -0.4 is 10.6 Å². The van der Waals surface area contributed by atoms with Crippen molar-refractivity contribution in [2.45, 2.75) is 103 Å². The Labute approximate surface area is 224 Å². The highest BCUT2D eigenvalue weighted by atomic mass is 16.6. The number of rotatable bonds is 11. The average Bonchev–Trinajstić information content (AvgIpc) is 2.89. The molecule has 2 aliphatic carbocycles. The third-order valence-corrected chi connectivity index (χ3v) is 7.54. The Bertz CT molecular complexity index is 797. The highest BCUT2D eigenvalue weighted by molar-refractivity contribution is 5.68. The molecule has 0 spiro atoms. The molecule has 7 nitrogen and oxygen atoms in total. The van der Waals surface area contributed by atoms with Crippen molar-refractivity contribution in [3.63, 3.8) is 0 Å². The summed E-state index contributed by atoms with van der Waals surface area (Å²) in [6, 6.07) is 10.1. The molecule has 0 unspecified atom stereocenters. The van der Waals surface area contributed by atoms with Crippen LogP contribution in [0.25, 0.3) is 0 Å². The third-order valence-electron chi connectivity index (χ3n) is 7.54. The molecule has 0 saturated heterocycles. The molecule has 37 heavy (non-hydrogen) atoms. The number of nitrogens with one attached hydrogen (secondary N) is 2. The van der Waals surface area contributed by atoms with Crippen molar-refractivity contribution in [1.29, 1.82) is 0 Å². The van der Waals surface area contributed by atoms with Crippen LogP contribution in [0.5, 0.6) is 0 Å². The maximum absolute atomic E-state index is 12.8. The second-order valence-electron chi connectivity index (χ2n) is 11.9. The van der Waals surface area contributed by atoms with Crippen LogP contribution in [0, 0.1) is 11.8 Å². The molecule has 2 fully saturated rings. The molecule has 2 saturated carbocycles. The minimum absolute atomic E-state index is 0.157. The second-order valence-corrected chi connectivity index (χ2v) is 11.9. The van der Waals surface area contributed by atoms with Gasteiger partial charge in [-0.05, 0) is 96.2 Å². The number of amides is 2. The fourth-order valence-corrected chi connectivity index (χ4v) is 5.46. The van der Waals surface area contributed by atoms with E-state index in [1.54, 1.807) is 0 Å². The second kappa shape index (κ2) is 15.2. The molecule has 3 rings (SSSR count). The number of alkyl carbamates (subject to hydrolysis) is 1. The van der Waals surface area contributed by atoms with Gasteiger partial charge in [0.05, 0.1) is 0 Å². The van der Waals surface area contributed by atoms with Crippen LogP contribution in [0.1, 0.15) is 90.5 Å². The topological polar surface area (TPSA) is 79.9 Å². The molecule has 1 aromatic carbocycles. The van der Waals surface area contributed by atoms with Crippen LogP contribution in [0.2, 0.25) is 0 Å². The van der Waals surface area contributed by atoms with Crippen LogP contribution in [0.3, 0.4) is 0 Å². The third kappa shape index (κ3) is 11.3. The zero-order chi connectivity index (χ0) is 26.5. The first kappa shape index (κ1) is 29.3. The summed E-state index contributed by atoms with van der Waals surface area (Å²) in [6.45, 7) is 9.51. The van der Waals surface area contributed by atoms with Crippen molar-refractivity contribution in [1.82, 2.24) is 15.5 Å². The minimum Gasteiger partial charge on any atom is -0.445 e. The zero-order valence-corrected chi connectivity index (χ0v) is 23.3. The van der Waals surface area contributed by atoms with Gasteiger partial charge in [0.25, 0.3) is 0 Å². The summed E-state index contributed by atoms with van der Waals surface area (Å²) >= 11 is 0. The van der Waals surface area contributed by atoms with E-state index in [9.17, 15) is 9.59 Å². The van der Waals surface area contributed by atoms with Gasteiger partial charge < -0.3 is 25.0 Å². The molecule has 208 valence electrons. The lowest BCUT2D eigenvalue weighted by Gasteiger charge is -2.35. The molecule has 0 aliphatic heterocycles. The summed E-state index contributed by atoms with van der Waals surface area (Å²) in [5, 5.41) is 6.57. The smallest absolute Gasteiger partial charge is 0.410 e. The van der Waals surface area contributed by atoms with Crippen LogP contribution in [0.4, 0.5) is 9.59 Å². The standard InChI is InChI=1S/C30H49N3O4/c1-30(2,3)37-29(35)33(27-13-8-5-9-14-27)20-10-19-31-21-24-15-17-25(18-16-24)22-32-28(34)36-23-26-11-6-4-7-12-26/h4,6-7,11-12,24-25,27,31H,5,8-10,13-23H2,1-3H3,(H,32,34). The van der Waals surface area contributed by atoms with E-state index in [1.807, 2.05) is 56.0 Å². The number of benzene rings is 1. The maximum atomic E-state index is 12.8. The summed E-state index contributed by atoms with van der Waals surface area (Å²) in [7, 11) is 0. The van der Waals surface area contributed by atoms with Crippen molar-refractivity contribution >= 4 is 12.2 Å². The van der Waals surface area contributed by atoms with Crippen LogP contribution in [-0.4, -0.2) is 54.9 Å². The number of carbonyl (C=O) groups excluding carboxylic acids is 2. The Balaban J connectivity index is 1.26. The fourth-order valence-electron chi connectivity index (χ4n) is 5.46. The van der Waals surface area contributed by atoms with Crippen molar-refractivity contribution in [3.8, 4) is 0 Å². The minimum atomic E-state index is -0.459. The van der Waals surface area contributed by atoms with Crippen LogP contribution in [-0.2, 0) is 16.1 Å². The molecule has 0 radical (unpaired) electrons. The van der Waals surface area contributed by atoms with E-state index in [2.05, 4.69) is 10.6 Å². The highest BCUT2D eigenvalue weighted by Crippen LogP contribution is 2.28. The summed E-state index contributed by atoms with van der Waals surface area (Å²) < 4.78 is 11.0. The van der Waals surface area contributed by atoms with E-state index in [4.69, 9.17) is 9.47 Å². The Morgan fingerprint density at radius 2 is 1.57 bits per heavy atom. The first-order valence-electron chi connectivity index (χ1n) is 14.4. The summed E-state index contributed by atoms with van der Waals surface area (Å²) in [5.74, 6) is 1.21. The monoisotopic (exact) mass is 515 g/mol. The van der Waals surface area contributed by atoms with E-state index in [1.165, 1.54) is 32.1 Å². The van der Waals surface area contributed by atoms with E-state index in [-0.39, 0.29) is 12.2 Å². The Morgan fingerprint density at radius 1 is 0.919 bits per heavy atom. The van der Waals surface area contributed by atoms with Crippen molar-refractivity contribution in [2.75, 3.05) is 26.2 Å². The van der Waals surface area contributed by atoms with Gasteiger partial charge in [-0.15, -0.1) is 0 Å². The lowest BCUT2D eigenvalue weighted by Crippen LogP contribution is -2.45. The van der Waals surface area contributed by atoms with E-state index < -0.39 is 5.60 Å². The van der Waals surface area contributed by atoms with Crippen molar-refractivity contribution < 1.29 is 19.1 Å². The van der Waals surface area contributed by atoms with Gasteiger partial charge in [-0.1, -0.05) is 49.6 Å². The molecule has 1 aromatic rings. The van der Waals surface area contributed by atoms with Gasteiger partial charge in [0.1, 0.15) is 12.2 Å². The maximum Gasteiger partial charge on any atom is 0.410 e. The van der Waals surface area contributed by atoms with E-state index in [0.29, 0.717) is 31.0 Å². The predicted molar refractivity (Wildman–Crippen MR) is 147 cm³/mol. The normalized spacial score (nSPS) is 20.7. The molecular formula is C30H49N3O4. The van der Waals surface area contributed by atoms with Crippen LogP contribution >= 0.6 is 0 Å². The van der Waals surface area contributed by atoms with Crippen molar-refractivity contribution in [3.05, 3.63) is 35.9 Å². The Hall–Kier alpha value is -2.28. The Morgan fingerprint density at radius 3 is 2.22 bits per heavy atom. The molecule has 0 bridgehead atoms. The number of nitrogens with zero attached hydrogens (tertiary/aromatic N) is 1. The molecule has 2 N–H and O–H groups in total. The summed E-state index contributed by atoms with van der Waals surface area (Å²) in [5.41, 5.74) is 0.538.